The molecule has 108 valence electrons. The lowest BCUT2D eigenvalue weighted by atomic mass is 10.0. The van der Waals surface area contributed by atoms with Crippen molar-refractivity contribution in [2.75, 3.05) is 13.6 Å². The zero-order valence-electron chi connectivity index (χ0n) is 12.6. The number of hydrogen-bond donors (Lipinski definition) is 0. The Kier molecular flexibility index (Phi) is 6.05. The van der Waals surface area contributed by atoms with Crippen LogP contribution >= 0.6 is 0 Å². The highest BCUT2D eigenvalue weighted by Gasteiger charge is 2.19. The van der Waals surface area contributed by atoms with Gasteiger partial charge in [-0.1, -0.05) is 26.0 Å². The van der Waals surface area contributed by atoms with Gasteiger partial charge in [-0.05, 0) is 30.5 Å². The molecule has 1 amide bonds. The predicted molar refractivity (Wildman–Crippen MR) is 78.5 cm³/mol. The third-order valence-corrected chi connectivity index (χ3v) is 3.12. The summed E-state index contributed by atoms with van der Waals surface area (Å²) < 4.78 is 5.69. The lowest BCUT2D eigenvalue weighted by Crippen LogP contribution is -2.38. The minimum absolute atomic E-state index is 0.116. The van der Waals surface area contributed by atoms with Gasteiger partial charge in [0, 0.05) is 13.6 Å². The molecule has 0 fully saturated rings. The van der Waals surface area contributed by atoms with E-state index in [0.717, 1.165) is 0 Å². The van der Waals surface area contributed by atoms with Crippen LogP contribution in [0.25, 0.3) is 0 Å². The van der Waals surface area contributed by atoms with Gasteiger partial charge >= 0.3 is 0 Å². The zero-order valence-corrected chi connectivity index (χ0v) is 12.6. The summed E-state index contributed by atoms with van der Waals surface area (Å²) in [4.78, 5) is 13.6. The van der Waals surface area contributed by atoms with Gasteiger partial charge in [-0.3, -0.25) is 4.79 Å². The number of benzene rings is 1. The molecule has 1 aromatic carbocycles. The number of nitrogens with zero attached hydrogens (tertiary/aromatic N) is 2. The SMILES string of the molecule is CC(Oc1cccc(C(C)C)c1)C(=O)N(C)CCC#N. The van der Waals surface area contributed by atoms with Crippen molar-refractivity contribution in [3.63, 3.8) is 0 Å². The zero-order chi connectivity index (χ0) is 15.1. The van der Waals surface area contributed by atoms with Gasteiger partial charge < -0.3 is 9.64 Å². The minimum Gasteiger partial charge on any atom is -0.481 e. The molecule has 20 heavy (non-hydrogen) atoms. The van der Waals surface area contributed by atoms with Crippen molar-refractivity contribution in [2.24, 2.45) is 0 Å². The Morgan fingerprint density at radius 3 is 2.70 bits per heavy atom. The fourth-order valence-electron chi connectivity index (χ4n) is 1.84. The summed E-state index contributed by atoms with van der Waals surface area (Å²) in [7, 11) is 1.68. The molecule has 0 radical (unpaired) electrons. The molecule has 0 aliphatic carbocycles. The van der Waals surface area contributed by atoms with E-state index >= 15 is 0 Å². The van der Waals surface area contributed by atoms with Gasteiger partial charge in [0.2, 0.25) is 0 Å². The second-order valence-electron chi connectivity index (χ2n) is 5.16. The van der Waals surface area contributed by atoms with E-state index < -0.39 is 6.10 Å². The first kappa shape index (κ1) is 16.0. The molecular weight excluding hydrogens is 252 g/mol. The van der Waals surface area contributed by atoms with Crippen LogP contribution in [0.1, 0.15) is 38.7 Å². The Balaban J connectivity index is 2.66. The maximum atomic E-state index is 12.1. The van der Waals surface area contributed by atoms with Gasteiger partial charge in [-0.25, -0.2) is 0 Å². The Morgan fingerprint density at radius 1 is 1.40 bits per heavy atom. The summed E-state index contributed by atoms with van der Waals surface area (Å²) in [5, 5.41) is 8.53. The van der Waals surface area contributed by atoms with Crippen molar-refractivity contribution >= 4 is 5.91 Å². The van der Waals surface area contributed by atoms with Crippen molar-refractivity contribution in [1.82, 2.24) is 4.90 Å². The van der Waals surface area contributed by atoms with Gasteiger partial charge in [0.15, 0.2) is 6.10 Å². The summed E-state index contributed by atoms with van der Waals surface area (Å²) in [6.45, 7) is 6.38. The van der Waals surface area contributed by atoms with Gasteiger partial charge in [-0.15, -0.1) is 0 Å². The number of carbonyl (C=O) groups excluding carboxylic acids is 1. The largest absolute Gasteiger partial charge is 0.481 e. The first-order valence-electron chi connectivity index (χ1n) is 6.84. The standard InChI is InChI=1S/C16H22N2O2/c1-12(2)14-7-5-8-15(11-14)20-13(3)16(19)18(4)10-6-9-17/h5,7-8,11-13H,6,10H2,1-4H3. The quantitative estimate of drug-likeness (QED) is 0.801. The summed E-state index contributed by atoms with van der Waals surface area (Å²) in [6, 6.07) is 9.82. The van der Waals surface area contributed by atoms with E-state index in [9.17, 15) is 4.79 Å². The predicted octanol–water partition coefficient (Wildman–Crippen LogP) is 2.95. The monoisotopic (exact) mass is 274 g/mol. The van der Waals surface area contributed by atoms with E-state index in [-0.39, 0.29) is 5.91 Å². The van der Waals surface area contributed by atoms with E-state index in [1.165, 1.54) is 10.5 Å². The van der Waals surface area contributed by atoms with Crippen LogP contribution in [0.15, 0.2) is 24.3 Å². The van der Waals surface area contributed by atoms with Crippen molar-refractivity contribution in [1.29, 1.82) is 5.26 Å². The fraction of sp³-hybridized carbons (Fsp3) is 0.500. The van der Waals surface area contributed by atoms with Crippen LogP contribution < -0.4 is 4.74 Å². The highest BCUT2D eigenvalue weighted by molar-refractivity contribution is 5.80. The molecule has 4 heteroatoms. The average Bonchev–Trinajstić information content (AvgIpc) is 2.44. The van der Waals surface area contributed by atoms with Gasteiger partial charge in [0.25, 0.3) is 5.91 Å². The highest BCUT2D eigenvalue weighted by Crippen LogP contribution is 2.21. The van der Waals surface area contributed by atoms with E-state index in [0.29, 0.717) is 24.6 Å². The highest BCUT2D eigenvalue weighted by atomic mass is 16.5. The number of likely N-dealkylation sites (N-methyl/N-ethyl adjacent to an activating group) is 1. The third kappa shape index (κ3) is 4.58. The van der Waals surface area contributed by atoms with Crippen molar-refractivity contribution in [2.45, 2.75) is 39.2 Å². The molecule has 1 aromatic rings. The van der Waals surface area contributed by atoms with Crippen LogP contribution in [-0.2, 0) is 4.79 Å². The van der Waals surface area contributed by atoms with Crippen LogP contribution in [-0.4, -0.2) is 30.5 Å². The maximum Gasteiger partial charge on any atom is 0.263 e. The molecule has 0 heterocycles. The number of nitriles is 1. The molecule has 0 saturated carbocycles. The number of hydrogen-bond acceptors (Lipinski definition) is 3. The average molecular weight is 274 g/mol. The van der Waals surface area contributed by atoms with E-state index in [1.807, 2.05) is 30.3 Å². The smallest absolute Gasteiger partial charge is 0.263 e. The maximum absolute atomic E-state index is 12.1. The van der Waals surface area contributed by atoms with Gasteiger partial charge in [-0.2, -0.15) is 5.26 Å². The van der Waals surface area contributed by atoms with Gasteiger partial charge in [0.05, 0.1) is 12.5 Å². The number of ether oxygens (including phenoxy) is 1. The van der Waals surface area contributed by atoms with E-state index in [1.54, 1.807) is 14.0 Å². The second-order valence-corrected chi connectivity index (χ2v) is 5.16. The molecule has 1 atom stereocenters. The Bertz CT molecular complexity index is 491. The van der Waals surface area contributed by atoms with Crippen LogP contribution in [0.4, 0.5) is 0 Å². The van der Waals surface area contributed by atoms with E-state index in [2.05, 4.69) is 13.8 Å². The van der Waals surface area contributed by atoms with Crippen LogP contribution in [0.5, 0.6) is 5.75 Å². The number of rotatable bonds is 6. The molecule has 1 rings (SSSR count). The molecule has 0 bridgehead atoms. The third-order valence-electron chi connectivity index (χ3n) is 3.12. The Labute approximate surface area is 121 Å². The molecule has 0 spiro atoms. The van der Waals surface area contributed by atoms with Crippen molar-refractivity contribution < 1.29 is 9.53 Å². The van der Waals surface area contributed by atoms with Gasteiger partial charge in [0.1, 0.15) is 5.75 Å². The first-order chi connectivity index (χ1) is 9.45. The molecule has 4 nitrogen and oxygen atoms in total. The molecule has 0 aliphatic heterocycles. The molecule has 0 aliphatic rings. The molecule has 0 N–H and O–H groups in total. The fourth-order valence-corrected chi connectivity index (χ4v) is 1.84. The molecule has 1 unspecified atom stereocenters. The normalized spacial score (nSPS) is 11.8. The summed E-state index contributed by atoms with van der Waals surface area (Å²) in [5.74, 6) is 1.00. The topological polar surface area (TPSA) is 53.3 Å². The molecular formula is C16H22N2O2. The molecule has 0 aromatic heterocycles. The van der Waals surface area contributed by atoms with Crippen molar-refractivity contribution in [3.05, 3.63) is 29.8 Å². The van der Waals surface area contributed by atoms with Crippen LogP contribution in [0, 0.1) is 11.3 Å². The van der Waals surface area contributed by atoms with Crippen LogP contribution in [0.2, 0.25) is 0 Å². The van der Waals surface area contributed by atoms with Crippen LogP contribution in [0.3, 0.4) is 0 Å². The molecule has 0 saturated heterocycles. The van der Waals surface area contributed by atoms with E-state index in [4.69, 9.17) is 10.00 Å². The second kappa shape index (κ2) is 7.54. The Hall–Kier alpha value is -2.02. The summed E-state index contributed by atoms with van der Waals surface area (Å²) >= 11 is 0. The lowest BCUT2D eigenvalue weighted by molar-refractivity contribution is -0.136. The Morgan fingerprint density at radius 2 is 2.10 bits per heavy atom. The number of amides is 1. The van der Waals surface area contributed by atoms with Crippen molar-refractivity contribution in [3.8, 4) is 11.8 Å². The minimum atomic E-state index is -0.555. The summed E-state index contributed by atoms with van der Waals surface area (Å²) in [6.07, 6.45) is -0.223. The first-order valence-corrected chi connectivity index (χ1v) is 6.84. The summed E-state index contributed by atoms with van der Waals surface area (Å²) in [5.41, 5.74) is 1.18. The number of carbonyl (C=O) groups is 1. The lowest BCUT2D eigenvalue weighted by Gasteiger charge is -2.21.